The van der Waals surface area contributed by atoms with Crippen molar-refractivity contribution in [3.05, 3.63) is 23.5 Å². The van der Waals surface area contributed by atoms with Gasteiger partial charge in [0, 0.05) is 38.0 Å². The summed E-state index contributed by atoms with van der Waals surface area (Å²) in [5.41, 5.74) is 1.14. The van der Waals surface area contributed by atoms with Gasteiger partial charge in [-0.2, -0.15) is 4.98 Å². The van der Waals surface area contributed by atoms with Crippen LogP contribution in [-0.4, -0.2) is 26.2 Å². The quantitative estimate of drug-likeness (QED) is 0.907. The molecule has 0 spiro atoms. The predicted octanol–water partition coefficient (Wildman–Crippen LogP) is 2.38. The number of aryl methyl sites for hydroxylation is 2. The van der Waals surface area contributed by atoms with Crippen molar-refractivity contribution >= 4 is 6.01 Å². The minimum Gasteiger partial charge on any atom is -0.337 e. The van der Waals surface area contributed by atoms with Crippen molar-refractivity contribution in [2.24, 2.45) is 0 Å². The molecule has 1 N–H and O–H groups in total. The molecule has 0 fully saturated rings. The maximum Gasteiger partial charge on any atom is 0.321 e. The van der Waals surface area contributed by atoms with Gasteiger partial charge in [-0.05, 0) is 12.8 Å². The summed E-state index contributed by atoms with van der Waals surface area (Å²) in [6.07, 6.45) is 6.67. The van der Waals surface area contributed by atoms with Crippen LogP contribution in [0, 0.1) is 0 Å². The standard InChI is InChI=1S/C14H21N5O/c1-10(2)13-17-14(20-18-13)15-7-6-11-9-19-8-4-3-5-12(19)16-11/h9-10H,3-8H2,1-2H3,(H,15,17,18). The van der Waals surface area contributed by atoms with E-state index < -0.39 is 0 Å². The molecule has 3 heterocycles. The molecule has 108 valence electrons. The van der Waals surface area contributed by atoms with Crippen LogP contribution in [0.3, 0.4) is 0 Å². The average molecular weight is 275 g/mol. The smallest absolute Gasteiger partial charge is 0.321 e. The first-order valence-corrected chi connectivity index (χ1v) is 7.35. The fraction of sp³-hybridized carbons (Fsp3) is 0.643. The highest BCUT2D eigenvalue weighted by atomic mass is 16.5. The zero-order valence-electron chi connectivity index (χ0n) is 12.1. The van der Waals surface area contributed by atoms with Crippen LogP contribution in [0.4, 0.5) is 6.01 Å². The average Bonchev–Trinajstić information content (AvgIpc) is 3.04. The topological polar surface area (TPSA) is 68.8 Å². The molecule has 0 saturated heterocycles. The summed E-state index contributed by atoms with van der Waals surface area (Å²) in [6, 6.07) is 0.498. The summed E-state index contributed by atoms with van der Waals surface area (Å²) in [6.45, 7) is 5.96. The number of hydrogen-bond donors (Lipinski definition) is 1. The summed E-state index contributed by atoms with van der Waals surface area (Å²) in [4.78, 5) is 8.96. The number of aromatic nitrogens is 4. The lowest BCUT2D eigenvalue weighted by Crippen LogP contribution is -2.08. The van der Waals surface area contributed by atoms with Gasteiger partial charge in [-0.25, -0.2) is 4.98 Å². The highest BCUT2D eigenvalue weighted by Crippen LogP contribution is 2.15. The highest BCUT2D eigenvalue weighted by molar-refractivity contribution is 5.19. The van der Waals surface area contributed by atoms with Crippen molar-refractivity contribution in [1.29, 1.82) is 0 Å². The summed E-state index contributed by atoms with van der Waals surface area (Å²) >= 11 is 0. The number of anilines is 1. The van der Waals surface area contributed by atoms with E-state index in [-0.39, 0.29) is 5.92 Å². The SMILES string of the molecule is CC(C)c1noc(NCCc2cn3c(n2)CCCC3)n1. The van der Waals surface area contributed by atoms with Gasteiger partial charge in [0.25, 0.3) is 0 Å². The van der Waals surface area contributed by atoms with Crippen LogP contribution in [0.5, 0.6) is 0 Å². The minimum absolute atomic E-state index is 0.286. The Bertz CT molecular complexity index is 548. The molecule has 0 atom stereocenters. The van der Waals surface area contributed by atoms with Gasteiger partial charge in [0.2, 0.25) is 0 Å². The Morgan fingerprint density at radius 2 is 2.25 bits per heavy atom. The normalized spacial score (nSPS) is 14.6. The van der Waals surface area contributed by atoms with Crippen molar-refractivity contribution in [3.63, 3.8) is 0 Å². The molecule has 0 bridgehead atoms. The molecule has 0 radical (unpaired) electrons. The second-order valence-corrected chi connectivity index (χ2v) is 5.59. The lowest BCUT2D eigenvalue weighted by atomic mass is 10.2. The van der Waals surface area contributed by atoms with Gasteiger partial charge in [0.05, 0.1) is 5.69 Å². The van der Waals surface area contributed by atoms with Gasteiger partial charge < -0.3 is 14.4 Å². The van der Waals surface area contributed by atoms with E-state index in [1.165, 1.54) is 18.7 Å². The van der Waals surface area contributed by atoms with E-state index >= 15 is 0 Å². The summed E-state index contributed by atoms with van der Waals surface area (Å²) < 4.78 is 7.43. The second-order valence-electron chi connectivity index (χ2n) is 5.59. The van der Waals surface area contributed by atoms with Crippen LogP contribution in [0.25, 0.3) is 0 Å². The largest absolute Gasteiger partial charge is 0.337 e. The van der Waals surface area contributed by atoms with Crippen LogP contribution in [0.1, 0.15) is 49.9 Å². The third-order valence-corrected chi connectivity index (χ3v) is 3.57. The van der Waals surface area contributed by atoms with Gasteiger partial charge in [-0.1, -0.05) is 19.0 Å². The Kier molecular flexibility index (Phi) is 3.71. The Morgan fingerprint density at radius 1 is 1.35 bits per heavy atom. The Labute approximate surface area is 118 Å². The van der Waals surface area contributed by atoms with Gasteiger partial charge in [-0.3, -0.25) is 0 Å². The number of nitrogens with one attached hydrogen (secondary N) is 1. The molecule has 20 heavy (non-hydrogen) atoms. The molecule has 0 amide bonds. The Hall–Kier alpha value is -1.85. The number of fused-ring (bicyclic) bond motifs is 1. The fourth-order valence-corrected chi connectivity index (χ4v) is 2.43. The van der Waals surface area contributed by atoms with E-state index in [1.807, 2.05) is 13.8 Å². The summed E-state index contributed by atoms with van der Waals surface area (Å²) in [5.74, 6) is 2.25. The molecular formula is C14H21N5O. The molecule has 6 heteroatoms. The van der Waals surface area contributed by atoms with Crippen LogP contribution < -0.4 is 5.32 Å². The van der Waals surface area contributed by atoms with Crippen molar-refractivity contribution in [2.45, 2.75) is 52.0 Å². The lowest BCUT2D eigenvalue weighted by Gasteiger charge is -2.11. The minimum atomic E-state index is 0.286. The molecular weight excluding hydrogens is 254 g/mol. The van der Waals surface area contributed by atoms with Gasteiger partial charge in [0.15, 0.2) is 5.82 Å². The van der Waals surface area contributed by atoms with E-state index in [2.05, 4.69) is 31.2 Å². The van der Waals surface area contributed by atoms with E-state index in [9.17, 15) is 0 Å². The first-order valence-electron chi connectivity index (χ1n) is 7.35. The third kappa shape index (κ3) is 2.84. The zero-order chi connectivity index (χ0) is 13.9. The molecule has 1 aliphatic rings. The maximum absolute atomic E-state index is 5.15. The van der Waals surface area contributed by atoms with Crippen LogP contribution in [0.2, 0.25) is 0 Å². The van der Waals surface area contributed by atoms with Gasteiger partial charge in [-0.15, -0.1) is 0 Å². The Balaban J connectivity index is 1.53. The monoisotopic (exact) mass is 275 g/mol. The molecule has 0 aliphatic carbocycles. The van der Waals surface area contributed by atoms with Crippen molar-refractivity contribution in [2.75, 3.05) is 11.9 Å². The molecule has 0 aromatic carbocycles. The van der Waals surface area contributed by atoms with E-state index in [0.29, 0.717) is 6.01 Å². The van der Waals surface area contributed by atoms with Crippen molar-refractivity contribution in [1.82, 2.24) is 19.7 Å². The lowest BCUT2D eigenvalue weighted by molar-refractivity contribution is 0.419. The third-order valence-electron chi connectivity index (χ3n) is 3.57. The first-order chi connectivity index (χ1) is 9.72. The zero-order valence-corrected chi connectivity index (χ0v) is 12.1. The summed E-state index contributed by atoms with van der Waals surface area (Å²) in [7, 11) is 0. The van der Waals surface area contributed by atoms with E-state index in [0.717, 1.165) is 37.4 Å². The fourth-order valence-electron chi connectivity index (χ4n) is 2.43. The number of nitrogens with zero attached hydrogens (tertiary/aromatic N) is 4. The molecule has 2 aromatic rings. The molecule has 3 rings (SSSR count). The second kappa shape index (κ2) is 5.64. The summed E-state index contributed by atoms with van der Waals surface area (Å²) in [5, 5.41) is 7.09. The molecule has 0 unspecified atom stereocenters. The molecule has 0 saturated carbocycles. The van der Waals surface area contributed by atoms with E-state index in [1.54, 1.807) is 0 Å². The number of rotatable bonds is 5. The van der Waals surface area contributed by atoms with Crippen LogP contribution in [0.15, 0.2) is 10.7 Å². The van der Waals surface area contributed by atoms with E-state index in [4.69, 9.17) is 4.52 Å². The first kappa shape index (κ1) is 13.1. The Morgan fingerprint density at radius 3 is 3.00 bits per heavy atom. The maximum atomic E-state index is 5.15. The molecule has 2 aromatic heterocycles. The highest BCUT2D eigenvalue weighted by Gasteiger charge is 2.12. The predicted molar refractivity (Wildman–Crippen MR) is 75.7 cm³/mol. The van der Waals surface area contributed by atoms with Crippen molar-refractivity contribution < 1.29 is 4.52 Å². The van der Waals surface area contributed by atoms with Crippen molar-refractivity contribution in [3.8, 4) is 0 Å². The number of imidazole rings is 1. The van der Waals surface area contributed by atoms with Gasteiger partial charge >= 0.3 is 6.01 Å². The number of hydrogen-bond acceptors (Lipinski definition) is 5. The van der Waals surface area contributed by atoms with Gasteiger partial charge in [0.1, 0.15) is 5.82 Å². The van der Waals surface area contributed by atoms with Crippen LogP contribution in [-0.2, 0) is 19.4 Å². The molecule has 6 nitrogen and oxygen atoms in total. The molecule has 1 aliphatic heterocycles. The van der Waals surface area contributed by atoms with Crippen LogP contribution >= 0.6 is 0 Å².